The first kappa shape index (κ1) is 18.7. The van der Waals surface area contributed by atoms with E-state index in [2.05, 4.69) is 15.5 Å². The highest BCUT2D eigenvalue weighted by molar-refractivity contribution is 6.30. The molecule has 1 amide bonds. The Morgan fingerprint density at radius 1 is 1.25 bits per heavy atom. The minimum atomic E-state index is -0.0157. The molecule has 1 unspecified atom stereocenters. The van der Waals surface area contributed by atoms with Crippen LogP contribution in [0.1, 0.15) is 23.2 Å². The Bertz CT molecular complexity index is 988. The minimum absolute atomic E-state index is 0.0157. The summed E-state index contributed by atoms with van der Waals surface area (Å²) in [4.78, 5) is 19.5. The summed E-state index contributed by atoms with van der Waals surface area (Å²) in [5, 5.41) is 7.93. The number of nitrogens with one attached hydrogen (secondary N) is 1. The van der Waals surface area contributed by atoms with Crippen molar-refractivity contribution < 1.29 is 9.32 Å². The van der Waals surface area contributed by atoms with Crippen LogP contribution in [0.3, 0.4) is 0 Å². The number of amides is 1. The zero-order chi connectivity index (χ0) is 19.5. The molecule has 2 aromatic carbocycles. The van der Waals surface area contributed by atoms with E-state index in [4.69, 9.17) is 16.1 Å². The summed E-state index contributed by atoms with van der Waals surface area (Å²) in [6.45, 7) is 1.45. The van der Waals surface area contributed by atoms with Crippen molar-refractivity contribution in [2.45, 2.75) is 18.9 Å². The molecule has 2 heterocycles. The van der Waals surface area contributed by atoms with E-state index in [1.54, 1.807) is 12.1 Å². The lowest BCUT2D eigenvalue weighted by atomic mass is 10.0. The number of nitrogens with zero attached hydrogens (tertiary/aromatic N) is 3. The summed E-state index contributed by atoms with van der Waals surface area (Å²) < 4.78 is 5.48. The Hall–Kier alpha value is -2.70. The molecule has 28 heavy (non-hydrogen) atoms. The fourth-order valence-electron chi connectivity index (χ4n) is 3.50. The molecule has 6 nitrogen and oxygen atoms in total. The normalized spacial score (nSPS) is 16.9. The standard InChI is InChI=1S/C21H21ClN4O2/c1-23-16-8-5-11-26(13-16)21(27)18-10-3-2-9-17(18)20-24-19(25-28-20)14-6-4-7-15(22)12-14/h2-4,6-7,9-10,12,16,23H,5,8,11,13H2,1H3. The first-order valence-corrected chi connectivity index (χ1v) is 9.69. The van der Waals surface area contributed by atoms with Gasteiger partial charge in [0.2, 0.25) is 5.82 Å². The van der Waals surface area contributed by atoms with E-state index in [1.165, 1.54) is 0 Å². The molecule has 0 bridgehead atoms. The summed E-state index contributed by atoms with van der Waals surface area (Å²) in [6, 6.07) is 14.9. The Labute approximate surface area is 168 Å². The van der Waals surface area contributed by atoms with E-state index in [9.17, 15) is 4.79 Å². The van der Waals surface area contributed by atoms with Crippen LogP contribution < -0.4 is 5.32 Å². The number of rotatable bonds is 4. The van der Waals surface area contributed by atoms with Gasteiger partial charge in [0.15, 0.2) is 0 Å². The second-order valence-corrected chi connectivity index (χ2v) is 7.29. The molecule has 1 fully saturated rings. The zero-order valence-corrected chi connectivity index (χ0v) is 16.3. The molecular weight excluding hydrogens is 376 g/mol. The number of piperidine rings is 1. The van der Waals surface area contributed by atoms with Gasteiger partial charge in [0.05, 0.1) is 11.1 Å². The van der Waals surface area contributed by atoms with Crippen molar-refractivity contribution in [3.8, 4) is 22.8 Å². The molecule has 1 aliphatic heterocycles. The molecular formula is C21H21ClN4O2. The van der Waals surface area contributed by atoms with Crippen molar-refractivity contribution in [2.24, 2.45) is 0 Å². The third-order valence-electron chi connectivity index (χ3n) is 5.01. The molecule has 0 aliphatic carbocycles. The first-order chi connectivity index (χ1) is 13.7. The topological polar surface area (TPSA) is 71.3 Å². The quantitative estimate of drug-likeness (QED) is 0.724. The van der Waals surface area contributed by atoms with E-state index < -0.39 is 0 Å². The second kappa shape index (κ2) is 8.12. The van der Waals surface area contributed by atoms with Gasteiger partial charge in [-0.3, -0.25) is 4.79 Å². The van der Waals surface area contributed by atoms with Gasteiger partial charge in [-0.15, -0.1) is 0 Å². The summed E-state index contributed by atoms with van der Waals surface area (Å²) in [5.41, 5.74) is 1.97. The molecule has 1 atom stereocenters. The average Bonchev–Trinajstić information content (AvgIpc) is 3.23. The fraction of sp³-hybridized carbons (Fsp3) is 0.286. The number of carbonyl (C=O) groups is 1. The van der Waals surface area contributed by atoms with Gasteiger partial charge in [0, 0.05) is 29.7 Å². The molecule has 1 saturated heterocycles. The Kier molecular flexibility index (Phi) is 5.41. The number of likely N-dealkylation sites (tertiary alicyclic amines) is 1. The first-order valence-electron chi connectivity index (χ1n) is 9.31. The lowest BCUT2D eigenvalue weighted by Crippen LogP contribution is -2.47. The Morgan fingerprint density at radius 2 is 2.11 bits per heavy atom. The van der Waals surface area contributed by atoms with Crippen LogP contribution in [0.2, 0.25) is 5.02 Å². The van der Waals surface area contributed by atoms with Crippen molar-refractivity contribution in [1.29, 1.82) is 0 Å². The molecule has 0 radical (unpaired) electrons. The minimum Gasteiger partial charge on any atom is -0.337 e. The molecule has 7 heteroatoms. The number of halogens is 1. The highest BCUT2D eigenvalue weighted by Gasteiger charge is 2.26. The number of aromatic nitrogens is 2. The molecule has 0 spiro atoms. The molecule has 144 valence electrons. The zero-order valence-electron chi connectivity index (χ0n) is 15.6. The van der Waals surface area contributed by atoms with Gasteiger partial charge in [-0.2, -0.15) is 4.98 Å². The lowest BCUT2D eigenvalue weighted by molar-refractivity contribution is 0.0698. The van der Waals surface area contributed by atoms with Crippen molar-refractivity contribution in [3.05, 3.63) is 59.1 Å². The van der Waals surface area contributed by atoms with Gasteiger partial charge in [-0.25, -0.2) is 0 Å². The summed E-state index contributed by atoms with van der Waals surface area (Å²) in [5.74, 6) is 0.743. The van der Waals surface area contributed by atoms with Gasteiger partial charge in [-0.1, -0.05) is 41.0 Å². The third kappa shape index (κ3) is 3.79. The van der Waals surface area contributed by atoms with Crippen LogP contribution in [0.5, 0.6) is 0 Å². The molecule has 3 aromatic rings. The van der Waals surface area contributed by atoms with Gasteiger partial charge in [0.25, 0.3) is 11.8 Å². The van der Waals surface area contributed by atoms with Crippen LogP contribution in [0.15, 0.2) is 53.1 Å². The fourth-order valence-corrected chi connectivity index (χ4v) is 3.69. The van der Waals surface area contributed by atoms with Gasteiger partial charge < -0.3 is 14.7 Å². The van der Waals surface area contributed by atoms with E-state index >= 15 is 0 Å². The summed E-state index contributed by atoms with van der Waals surface area (Å²) in [7, 11) is 1.93. The van der Waals surface area contributed by atoms with Crippen molar-refractivity contribution in [2.75, 3.05) is 20.1 Å². The van der Waals surface area contributed by atoms with Gasteiger partial charge in [0.1, 0.15) is 0 Å². The third-order valence-corrected chi connectivity index (χ3v) is 5.25. The van der Waals surface area contributed by atoms with Gasteiger partial charge >= 0.3 is 0 Å². The lowest BCUT2D eigenvalue weighted by Gasteiger charge is -2.32. The van der Waals surface area contributed by atoms with Crippen LogP contribution in [0, 0.1) is 0 Å². The number of carbonyl (C=O) groups excluding carboxylic acids is 1. The predicted octanol–water partition coefficient (Wildman–Crippen LogP) is 3.88. The van der Waals surface area contributed by atoms with Crippen LogP contribution in [-0.4, -0.2) is 47.1 Å². The van der Waals surface area contributed by atoms with Crippen LogP contribution in [0.25, 0.3) is 22.8 Å². The number of likely N-dealkylation sites (N-methyl/N-ethyl adjacent to an activating group) is 1. The van der Waals surface area contributed by atoms with Gasteiger partial charge in [-0.05, 0) is 44.2 Å². The molecule has 1 aromatic heterocycles. The number of hydrogen-bond donors (Lipinski definition) is 1. The van der Waals surface area contributed by atoms with Crippen molar-refractivity contribution >= 4 is 17.5 Å². The molecule has 1 N–H and O–H groups in total. The van der Waals surface area contributed by atoms with Crippen LogP contribution in [0.4, 0.5) is 0 Å². The van der Waals surface area contributed by atoms with E-state index in [1.807, 2.05) is 48.3 Å². The predicted molar refractivity (Wildman–Crippen MR) is 108 cm³/mol. The smallest absolute Gasteiger partial charge is 0.259 e. The van der Waals surface area contributed by atoms with E-state index in [-0.39, 0.29) is 5.91 Å². The van der Waals surface area contributed by atoms with E-state index in [0.717, 1.165) is 24.9 Å². The highest BCUT2D eigenvalue weighted by atomic mass is 35.5. The number of benzene rings is 2. The second-order valence-electron chi connectivity index (χ2n) is 6.86. The van der Waals surface area contributed by atoms with Crippen LogP contribution >= 0.6 is 11.6 Å². The van der Waals surface area contributed by atoms with Crippen molar-refractivity contribution in [3.63, 3.8) is 0 Å². The van der Waals surface area contributed by atoms with Crippen molar-refractivity contribution in [1.82, 2.24) is 20.4 Å². The largest absolute Gasteiger partial charge is 0.337 e. The molecule has 4 rings (SSSR count). The monoisotopic (exact) mass is 396 g/mol. The number of hydrogen-bond acceptors (Lipinski definition) is 5. The highest BCUT2D eigenvalue weighted by Crippen LogP contribution is 2.27. The summed E-state index contributed by atoms with van der Waals surface area (Å²) in [6.07, 6.45) is 2.06. The average molecular weight is 397 g/mol. The summed E-state index contributed by atoms with van der Waals surface area (Å²) >= 11 is 6.05. The Morgan fingerprint density at radius 3 is 2.93 bits per heavy atom. The maximum atomic E-state index is 13.2. The molecule has 1 aliphatic rings. The van der Waals surface area contributed by atoms with E-state index in [0.29, 0.717) is 40.5 Å². The van der Waals surface area contributed by atoms with Crippen LogP contribution in [-0.2, 0) is 0 Å². The SMILES string of the molecule is CNC1CCCN(C(=O)c2ccccc2-c2nc(-c3cccc(Cl)c3)no2)C1. The molecule has 0 saturated carbocycles. The maximum absolute atomic E-state index is 13.2. The Balaban J connectivity index is 1.64. The maximum Gasteiger partial charge on any atom is 0.259 e.